The zero-order valence-corrected chi connectivity index (χ0v) is 8.54. The first-order valence-corrected chi connectivity index (χ1v) is 4.44. The van der Waals surface area contributed by atoms with Crippen molar-refractivity contribution >= 4 is 20.7 Å². The third-order valence-corrected chi connectivity index (χ3v) is 2.27. The van der Waals surface area contributed by atoms with E-state index in [-0.39, 0.29) is 5.41 Å². The van der Waals surface area contributed by atoms with Crippen LogP contribution in [0.15, 0.2) is 24.3 Å². The molecule has 0 spiro atoms. The summed E-state index contributed by atoms with van der Waals surface area (Å²) in [5.41, 5.74) is 1.67. The van der Waals surface area contributed by atoms with Gasteiger partial charge in [0.15, 0.2) is 16.3 Å². The molecule has 0 heterocycles. The molecule has 1 aromatic rings. The summed E-state index contributed by atoms with van der Waals surface area (Å²) in [4.78, 5) is 0. The molecule has 0 N–H and O–H groups in total. The van der Waals surface area contributed by atoms with Crippen molar-refractivity contribution in [1.82, 2.24) is 0 Å². The third kappa shape index (κ3) is 2.09. The second kappa shape index (κ2) is 3.01. The highest BCUT2D eigenvalue weighted by Gasteiger charge is 2.13. The van der Waals surface area contributed by atoms with Crippen molar-refractivity contribution in [2.24, 2.45) is 0 Å². The summed E-state index contributed by atoms with van der Waals surface area (Å²) in [5.74, 6) is 0. The van der Waals surface area contributed by atoms with Gasteiger partial charge in [0.25, 0.3) is 0 Å². The molecule has 0 saturated carbocycles. The average molecular weight is 160 g/mol. The van der Waals surface area contributed by atoms with E-state index in [1.807, 2.05) is 0 Å². The molecule has 1 aromatic carbocycles. The van der Waals surface area contributed by atoms with Crippen molar-refractivity contribution in [2.75, 3.05) is 0 Å². The Morgan fingerprint density at radius 2 is 1.64 bits per heavy atom. The molecular weight excluding hydrogens is 147 g/mol. The smallest absolute Gasteiger partial charge is 0.135 e. The fraction of sp³-hybridized carbons (Fsp3) is 0.400. The molecule has 1 rings (SSSR count). The lowest BCUT2D eigenvalue weighted by Crippen LogP contribution is -2.22. The van der Waals surface area contributed by atoms with E-state index in [9.17, 15) is 0 Å². The maximum absolute atomic E-state index is 2.77. The second-order valence-electron chi connectivity index (χ2n) is 3.84. The fourth-order valence-corrected chi connectivity index (χ4v) is 1.82. The van der Waals surface area contributed by atoms with Gasteiger partial charge >= 0.3 is 0 Å². The van der Waals surface area contributed by atoms with Crippen LogP contribution in [0.2, 0.25) is 0 Å². The van der Waals surface area contributed by atoms with Gasteiger partial charge in [0.05, 0.1) is 0 Å². The predicted octanol–water partition coefficient (Wildman–Crippen LogP) is 1.78. The van der Waals surface area contributed by atoms with Gasteiger partial charge in [-0.25, -0.2) is 0 Å². The SMILES string of the molecule is CC(C)(C)c1cccc[c]1[Al]. The average Bonchev–Trinajstić information content (AvgIpc) is 1.86. The zero-order valence-electron chi connectivity index (χ0n) is 7.39. The number of hydrogen-bond donors (Lipinski definition) is 0. The minimum atomic E-state index is 0.262. The van der Waals surface area contributed by atoms with E-state index in [1.165, 1.54) is 9.99 Å². The van der Waals surface area contributed by atoms with Crippen molar-refractivity contribution in [2.45, 2.75) is 26.2 Å². The molecule has 56 valence electrons. The molecule has 0 aliphatic heterocycles. The van der Waals surface area contributed by atoms with Crippen LogP contribution in [0.5, 0.6) is 0 Å². The molecular formula is C10H13Al. The van der Waals surface area contributed by atoms with Gasteiger partial charge in [-0.2, -0.15) is 0 Å². The normalized spacial score (nSPS) is 11.5. The number of hydrogen-bond acceptors (Lipinski definition) is 0. The minimum Gasteiger partial charge on any atom is -0.135 e. The van der Waals surface area contributed by atoms with Crippen LogP contribution in [0.1, 0.15) is 26.3 Å². The van der Waals surface area contributed by atoms with Gasteiger partial charge in [0.2, 0.25) is 0 Å². The van der Waals surface area contributed by atoms with Crippen LogP contribution in [-0.2, 0) is 5.41 Å². The summed E-state index contributed by atoms with van der Waals surface area (Å²) in [6.45, 7) is 6.70. The summed E-state index contributed by atoms with van der Waals surface area (Å²) in [6.07, 6.45) is 0. The predicted molar refractivity (Wildman–Crippen MR) is 50.5 cm³/mol. The van der Waals surface area contributed by atoms with Crippen LogP contribution < -0.4 is 4.43 Å². The van der Waals surface area contributed by atoms with Crippen LogP contribution >= 0.6 is 0 Å². The summed E-state index contributed by atoms with van der Waals surface area (Å²) in [7, 11) is 0. The highest BCUT2D eigenvalue weighted by molar-refractivity contribution is 6.33. The van der Waals surface area contributed by atoms with Gasteiger partial charge in [-0.15, -0.1) is 4.43 Å². The lowest BCUT2D eigenvalue weighted by atomic mass is 9.87. The summed E-state index contributed by atoms with van der Waals surface area (Å²) < 4.78 is 1.31. The first-order chi connectivity index (χ1) is 5.02. The molecule has 0 atom stereocenters. The third-order valence-electron chi connectivity index (χ3n) is 1.77. The summed E-state index contributed by atoms with van der Waals surface area (Å²) in [6, 6.07) is 8.47. The Labute approximate surface area is 77.1 Å². The van der Waals surface area contributed by atoms with Crippen molar-refractivity contribution in [3.63, 3.8) is 0 Å². The van der Waals surface area contributed by atoms with E-state index in [4.69, 9.17) is 0 Å². The van der Waals surface area contributed by atoms with E-state index < -0.39 is 0 Å². The molecule has 0 amide bonds. The van der Waals surface area contributed by atoms with Crippen molar-refractivity contribution in [3.05, 3.63) is 29.8 Å². The van der Waals surface area contributed by atoms with Crippen molar-refractivity contribution < 1.29 is 0 Å². The molecule has 0 nitrogen and oxygen atoms in total. The minimum absolute atomic E-state index is 0.262. The van der Waals surface area contributed by atoms with E-state index in [2.05, 4.69) is 61.3 Å². The highest BCUT2D eigenvalue weighted by atomic mass is 27.0. The van der Waals surface area contributed by atoms with Gasteiger partial charge in [-0.3, -0.25) is 0 Å². The van der Waals surface area contributed by atoms with Gasteiger partial charge < -0.3 is 0 Å². The Hall–Kier alpha value is -0.248. The van der Waals surface area contributed by atoms with Crippen LogP contribution in [0.4, 0.5) is 0 Å². The molecule has 0 aromatic heterocycles. The quantitative estimate of drug-likeness (QED) is 0.507. The van der Waals surface area contributed by atoms with Gasteiger partial charge in [0, 0.05) is 0 Å². The van der Waals surface area contributed by atoms with Crippen molar-refractivity contribution in [3.8, 4) is 0 Å². The Bertz CT molecular complexity index is 245. The van der Waals surface area contributed by atoms with Gasteiger partial charge in [-0.1, -0.05) is 50.6 Å². The number of benzene rings is 1. The topological polar surface area (TPSA) is 0 Å². The van der Waals surface area contributed by atoms with E-state index in [1.54, 1.807) is 0 Å². The Balaban J connectivity index is 3.14. The number of rotatable bonds is 0. The van der Waals surface area contributed by atoms with E-state index in [0.717, 1.165) is 0 Å². The fourth-order valence-electron chi connectivity index (χ4n) is 1.18. The van der Waals surface area contributed by atoms with Crippen LogP contribution in [-0.4, -0.2) is 16.3 Å². The molecule has 1 heteroatoms. The highest BCUT2D eigenvalue weighted by Crippen LogP contribution is 2.18. The lowest BCUT2D eigenvalue weighted by Gasteiger charge is -2.21. The Morgan fingerprint density at radius 3 is 2.00 bits per heavy atom. The van der Waals surface area contributed by atoms with Gasteiger partial charge in [-0.05, 0) is 5.41 Å². The Kier molecular flexibility index (Phi) is 2.42. The zero-order chi connectivity index (χ0) is 8.48. The molecule has 0 aliphatic rings. The Morgan fingerprint density at radius 1 is 1.09 bits per heavy atom. The molecule has 0 fully saturated rings. The van der Waals surface area contributed by atoms with Crippen LogP contribution in [0.25, 0.3) is 0 Å². The molecule has 11 heavy (non-hydrogen) atoms. The summed E-state index contributed by atoms with van der Waals surface area (Å²) in [5, 5.41) is 0. The van der Waals surface area contributed by atoms with E-state index >= 15 is 0 Å². The maximum Gasteiger partial charge on any atom is 0.176 e. The van der Waals surface area contributed by atoms with Crippen LogP contribution in [0, 0.1) is 0 Å². The monoisotopic (exact) mass is 160 g/mol. The molecule has 0 bridgehead atoms. The van der Waals surface area contributed by atoms with Crippen molar-refractivity contribution in [1.29, 1.82) is 0 Å². The molecule has 0 unspecified atom stereocenters. The largest absolute Gasteiger partial charge is 0.176 e. The first kappa shape index (κ1) is 8.85. The lowest BCUT2D eigenvalue weighted by molar-refractivity contribution is 0.594. The van der Waals surface area contributed by atoms with Crippen LogP contribution in [0.3, 0.4) is 0 Å². The molecule has 2 radical (unpaired) electrons. The summed E-state index contributed by atoms with van der Waals surface area (Å²) >= 11 is 2.77. The van der Waals surface area contributed by atoms with E-state index in [0.29, 0.717) is 0 Å². The standard InChI is InChI=1S/C10H13.Al/c1-10(2,3)9-7-5-4-6-8-9;/h4-7H,1-3H3;. The second-order valence-corrected chi connectivity index (χ2v) is 4.46. The maximum atomic E-state index is 2.77. The van der Waals surface area contributed by atoms with Gasteiger partial charge in [0.1, 0.15) is 0 Å². The molecule has 0 aliphatic carbocycles. The first-order valence-electron chi connectivity index (χ1n) is 3.87. The molecule has 0 saturated heterocycles.